The molecule has 2 heterocycles. The molecule has 5 heteroatoms. The van der Waals surface area contributed by atoms with Gasteiger partial charge in [-0.3, -0.25) is 0 Å². The van der Waals surface area contributed by atoms with E-state index in [4.69, 9.17) is 14.2 Å². The molecular weight excluding hydrogens is 364 g/mol. The molecule has 1 aromatic heterocycles. The zero-order chi connectivity index (χ0) is 20.7. The molecule has 0 amide bonds. The van der Waals surface area contributed by atoms with Crippen molar-refractivity contribution in [1.29, 1.82) is 0 Å². The average molecular weight is 399 g/mol. The molecular formula is C24H34N2O3. The van der Waals surface area contributed by atoms with Crippen LogP contribution >= 0.6 is 0 Å². The largest absolute Gasteiger partial charge is 0.347 e. The van der Waals surface area contributed by atoms with Gasteiger partial charge in [0.15, 0.2) is 5.79 Å². The molecule has 0 bridgehead atoms. The molecule has 1 saturated heterocycles. The quantitative estimate of drug-likeness (QED) is 0.486. The van der Waals surface area contributed by atoms with Crippen LogP contribution in [0.2, 0.25) is 0 Å². The molecule has 1 aromatic carbocycles. The molecule has 29 heavy (non-hydrogen) atoms. The third-order valence-electron chi connectivity index (χ3n) is 5.47. The first-order chi connectivity index (χ1) is 14.0. The second-order valence-electron chi connectivity index (χ2n) is 8.23. The predicted octanol–water partition coefficient (Wildman–Crippen LogP) is 5.63. The van der Waals surface area contributed by atoms with Crippen LogP contribution in [-0.4, -0.2) is 29.5 Å². The van der Waals surface area contributed by atoms with E-state index >= 15 is 0 Å². The van der Waals surface area contributed by atoms with Crippen LogP contribution in [0.3, 0.4) is 0 Å². The number of aromatic nitrogens is 2. The Bertz CT molecular complexity index is 759. The van der Waals surface area contributed by atoms with Crippen molar-refractivity contribution >= 4 is 0 Å². The molecule has 5 nitrogen and oxygen atoms in total. The van der Waals surface area contributed by atoms with Gasteiger partial charge in [-0.05, 0) is 25.8 Å². The Morgan fingerprint density at radius 3 is 2.17 bits per heavy atom. The van der Waals surface area contributed by atoms with E-state index in [2.05, 4.69) is 29.0 Å². The normalized spacial score (nSPS) is 20.8. The van der Waals surface area contributed by atoms with Gasteiger partial charge in [-0.2, -0.15) is 0 Å². The number of aryl methyl sites for hydroxylation is 1. The van der Waals surface area contributed by atoms with Crippen LogP contribution in [0.15, 0.2) is 36.7 Å². The summed E-state index contributed by atoms with van der Waals surface area (Å²) in [5.74, 6) is -0.591. The van der Waals surface area contributed by atoms with Gasteiger partial charge in [0.1, 0.15) is 12.4 Å². The number of methoxy groups -OCH3 is 1. The Labute approximate surface area is 174 Å². The number of benzene rings is 1. The van der Waals surface area contributed by atoms with Crippen LogP contribution in [0, 0.1) is 0 Å². The lowest BCUT2D eigenvalue weighted by Crippen LogP contribution is -2.33. The molecule has 0 spiro atoms. The smallest absolute Gasteiger partial charge is 0.221 e. The number of unbranched alkanes of at least 4 members (excludes halogenated alkanes) is 5. The molecule has 158 valence electrons. The maximum absolute atomic E-state index is 6.03. The second-order valence-corrected chi connectivity index (χ2v) is 8.23. The van der Waals surface area contributed by atoms with Gasteiger partial charge in [-0.1, -0.05) is 63.3 Å². The fourth-order valence-corrected chi connectivity index (χ4v) is 3.70. The summed E-state index contributed by atoms with van der Waals surface area (Å²) in [5.41, 5.74) is 3.03. The molecule has 1 aliphatic heterocycles. The summed E-state index contributed by atoms with van der Waals surface area (Å²) in [6, 6.07) is 8.15. The minimum Gasteiger partial charge on any atom is -0.347 e. The van der Waals surface area contributed by atoms with Crippen molar-refractivity contribution < 1.29 is 14.2 Å². The van der Waals surface area contributed by atoms with E-state index < -0.39 is 11.6 Å². The molecule has 0 saturated carbocycles. The Morgan fingerprint density at radius 1 is 0.931 bits per heavy atom. The zero-order valence-corrected chi connectivity index (χ0v) is 18.2. The van der Waals surface area contributed by atoms with E-state index in [0.717, 1.165) is 35.4 Å². The van der Waals surface area contributed by atoms with Crippen LogP contribution in [0.4, 0.5) is 0 Å². The van der Waals surface area contributed by atoms with Crippen LogP contribution in [0.25, 0.3) is 11.1 Å². The van der Waals surface area contributed by atoms with Crippen molar-refractivity contribution in [3.63, 3.8) is 0 Å². The topological polar surface area (TPSA) is 53.5 Å². The molecule has 1 aliphatic rings. The van der Waals surface area contributed by atoms with Crippen molar-refractivity contribution in [1.82, 2.24) is 9.97 Å². The molecule has 1 atom stereocenters. The highest BCUT2D eigenvalue weighted by molar-refractivity contribution is 5.61. The first-order valence-electron chi connectivity index (χ1n) is 10.8. The van der Waals surface area contributed by atoms with Crippen molar-refractivity contribution in [2.75, 3.05) is 13.7 Å². The monoisotopic (exact) mass is 398 g/mol. The van der Waals surface area contributed by atoms with Gasteiger partial charge in [0.25, 0.3) is 0 Å². The molecule has 0 radical (unpaired) electrons. The number of hydrogen-bond donors (Lipinski definition) is 0. The molecule has 2 aromatic rings. The minimum atomic E-state index is -0.862. The van der Waals surface area contributed by atoms with Gasteiger partial charge < -0.3 is 14.2 Å². The third kappa shape index (κ3) is 5.62. The highest BCUT2D eigenvalue weighted by Gasteiger charge is 2.47. The maximum Gasteiger partial charge on any atom is 0.221 e. The van der Waals surface area contributed by atoms with E-state index in [1.807, 2.05) is 38.4 Å². The van der Waals surface area contributed by atoms with E-state index in [-0.39, 0.29) is 0 Å². The predicted molar refractivity (Wildman–Crippen MR) is 114 cm³/mol. The fraction of sp³-hybridized carbons (Fsp3) is 0.583. The summed E-state index contributed by atoms with van der Waals surface area (Å²) in [6.07, 6.45) is 12.5. The summed E-state index contributed by atoms with van der Waals surface area (Å²) >= 11 is 0. The fourth-order valence-electron chi connectivity index (χ4n) is 3.70. The van der Waals surface area contributed by atoms with Crippen molar-refractivity contribution in [2.24, 2.45) is 0 Å². The summed E-state index contributed by atoms with van der Waals surface area (Å²) in [4.78, 5) is 9.11. The van der Waals surface area contributed by atoms with Gasteiger partial charge in [0.05, 0.1) is 0 Å². The first kappa shape index (κ1) is 21.9. The molecule has 1 fully saturated rings. The first-order valence-corrected chi connectivity index (χ1v) is 10.8. The standard InChI is InChI=1S/C24H34N2O3/c1-5-6-7-8-9-10-11-22-25-16-20(17-26-22)19-12-14-21(15-13-19)24(27-4)18-28-23(2,3)29-24/h12-17H,5-11,18H2,1-4H3/t24-/m1/s1. The lowest BCUT2D eigenvalue weighted by atomic mass is 10.0. The van der Waals surface area contributed by atoms with Gasteiger partial charge in [0.2, 0.25) is 5.79 Å². The molecule has 3 rings (SSSR count). The Morgan fingerprint density at radius 2 is 1.59 bits per heavy atom. The highest BCUT2D eigenvalue weighted by Crippen LogP contribution is 2.39. The van der Waals surface area contributed by atoms with E-state index in [1.54, 1.807) is 7.11 Å². The highest BCUT2D eigenvalue weighted by atomic mass is 16.8. The summed E-state index contributed by atoms with van der Waals surface area (Å²) in [5, 5.41) is 0. The van der Waals surface area contributed by atoms with Gasteiger partial charge in [-0.15, -0.1) is 0 Å². The van der Waals surface area contributed by atoms with Crippen LogP contribution < -0.4 is 0 Å². The van der Waals surface area contributed by atoms with E-state index in [0.29, 0.717) is 6.61 Å². The molecule has 0 unspecified atom stereocenters. The summed E-state index contributed by atoms with van der Waals surface area (Å²) in [6.45, 7) is 6.40. The third-order valence-corrected chi connectivity index (χ3v) is 5.47. The van der Waals surface area contributed by atoms with Gasteiger partial charge >= 0.3 is 0 Å². The van der Waals surface area contributed by atoms with Crippen LogP contribution in [0.5, 0.6) is 0 Å². The van der Waals surface area contributed by atoms with Crippen molar-refractivity contribution in [3.05, 3.63) is 48.0 Å². The van der Waals surface area contributed by atoms with Crippen molar-refractivity contribution in [2.45, 2.75) is 77.3 Å². The van der Waals surface area contributed by atoms with Gasteiger partial charge in [0, 0.05) is 37.1 Å². The Balaban J connectivity index is 1.59. The number of nitrogens with zero attached hydrogens (tertiary/aromatic N) is 2. The second kappa shape index (κ2) is 9.79. The SMILES string of the molecule is CCCCCCCCc1ncc(-c2ccc([C@@]3(OC)COC(C)(C)O3)cc2)cn1. The summed E-state index contributed by atoms with van der Waals surface area (Å²) in [7, 11) is 1.65. The molecule has 0 N–H and O–H groups in total. The van der Waals surface area contributed by atoms with Crippen LogP contribution in [0.1, 0.15) is 70.7 Å². The Hall–Kier alpha value is -1.82. The zero-order valence-electron chi connectivity index (χ0n) is 18.2. The molecule has 0 aliphatic carbocycles. The van der Waals surface area contributed by atoms with Crippen molar-refractivity contribution in [3.8, 4) is 11.1 Å². The number of hydrogen-bond acceptors (Lipinski definition) is 5. The number of ether oxygens (including phenoxy) is 3. The van der Waals surface area contributed by atoms with Crippen LogP contribution in [-0.2, 0) is 26.4 Å². The van der Waals surface area contributed by atoms with E-state index in [9.17, 15) is 0 Å². The maximum atomic E-state index is 6.03. The minimum absolute atomic E-state index is 0.367. The lowest BCUT2D eigenvalue weighted by molar-refractivity contribution is -0.249. The Kier molecular flexibility index (Phi) is 7.38. The van der Waals surface area contributed by atoms with E-state index in [1.165, 1.54) is 32.1 Å². The number of rotatable bonds is 10. The summed E-state index contributed by atoms with van der Waals surface area (Å²) < 4.78 is 17.4. The lowest BCUT2D eigenvalue weighted by Gasteiger charge is -2.28. The average Bonchev–Trinajstić information content (AvgIpc) is 3.07. The van der Waals surface area contributed by atoms with Gasteiger partial charge in [-0.25, -0.2) is 9.97 Å².